The number of rotatable bonds is 6. The highest BCUT2D eigenvalue weighted by molar-refractivity contribution is 5.95. The van der Waals surface area contributed by atoms with E-state index in [1.807, 2.05) is 6.07 Å². The number of aromatic nitrogens is 2. The van der Waals surface area contributed by atoms with Gasteiger partial charge in [0.1, 0.15) is 17.2 Å². The van der Waals surface area contributed by atoms with E-state index in [-0.39, 0.29) is 11.4 Å². The molecule has 9 heteroatoms. The summed E-state index contributed by atoms with van der Waals surface area (Å²) >= 11 is 0. The van der Waals surface area contributed by atoms with Crippen LogP contribution in [0.1, 0.15) is 29.1 Å². The molecule has 0 fully saturated rings. The normalized spacial score (nSPS) is 12.4. The van der Waals surface area contributed by atoms with Gasteiger partial charge in [-0.2, -0.15) is 13.2 Å². The number of halogens is 3. The van der Waals surface area contributed by atoms with Gasteiger partial charge in [-0.3, -0.25) is 9.78 Å². The molecule has 6 nitrogen and oxygen atoms in total. The van der Waals surface area contributed by atoms with E-state index in [0.717, 1.165) is 5.39 Å². The van der Waals surface area contributed by atoms with Crippen LogP contribution in [0.3, 0.4) is 0 Å². The van der Waals surface area contributed by atoms with Crippen molar-refractivity contribution < 1.29 is 27.4 Å². The lowest BCUT2D eigenvalue weighted by molar-refractivity contribution is -0.153. The van der Waals surface area contributed by atoms with Crippen molar-refractivity contribution in [3.8, 4) is 11.5 Å². The van der Waals surface area contributed by atoms with E-state index in [2.05, 4.69) is 20.0 Å². The Morgan fingerprint density at radius 2 is 1.90 bits per heavy atom. The number of hydrogen-bond donors (Lipinski definition) is 1. The minimum atomic E-state index is -4.42. The zero-order valence-corrected chi connectivity index (χ0v) is 15.7. The van der Waals surface area contributed by atoms with Crippen molar-refractivity contribution in [2.75, 3.05) is 13.7 Å². The molecule has 0 radical (unpaired) electrons. The molecule has 0 aliphatic carbocycles. The second kappa shape index (κ2) is 8.34. The zero-order valence-electron chi connectivity index (χ0n) is 15.7. The Morgan fingerprint density at radius 1 is 1.14 bits per heavy atom. The Bertz CT molecular complexity index is 1010. The van der Waals surface area contributed by atoms with Crippen molar-refractivity contribution in [2.45, 2.75) is 19.1 Å². The lowest BCUT2D eigenvalue weighted by atomic mass is 10.1. The molecule has 1 atom stereocenters. The molecule has 0 aliphatic rings. The van der Waals surface area contributed by atoms with E-state index < -0.39 is 24.7 Å². The third-order valence-corrected chi connectivity index (χ3v) is 4.08. The molecule has 1 amide bonds. The predicted molar refractivity (Wildman–Crippen MR) is 100.0 cm³/mol. The first-order valence-corrected chi connectivity index (χ1v) is 8.66. The minimum absolute atomic E-state index is 0.00349. The Balaban J connectivity index is 1.66. The number of alkyl halides is 3. The summed E-state index contributed by atoms with van der Waals surface area (Å²) < 4.78 is 46.3. The summed E-state index contributed by atoms with van der Waals surface area (Å²) in [4.78, 5) is 20.9. The maximum absolute atomic E-state index is 12.5. The van der Waals surface area contributed by atoms with Gasteiger partial charge in [-0.05, 0) is 43.3 Å². The van der Waals surface area contributed by atoms with Gasteiger partial charge in [0, 0.05) is 5.39 Å². The van der Waals surface area contributed by atoms with Gasteiger partial charge in [-0.25, -0.2) is 4.98 Å². The monoisotopic (exact) mass is 405 g/mol. The number of methoxy groups -OCH3 is 1. The molecule has 2 aromatic heterocycles. The molecule has 3 aromatic rings. The number of amides is 1. The van der Waals surface area contributed by atoms with E-state index in [1.165, 1.54) is 18.3 Å². The van der Waals surface area contributed by atoms with E-state index in [1.54, 1.807) is 38.3 Å². The number of benzene rings is 1. The molecule has 0 spiro atoms. The Hall–Kier alpha value is -3.36. The van der Waals surface area contributed by atoms with Crippen molar-refractivity contribution in [1.29, 1.82) is 0 Å². The third-order valence-electron chi connectivity index (χ3n) is 4.08. The van der Waals surface area contributed by atoms with Gasteiger partial charge in [0.15, 0.2) is 6.61 Å². The van der Waals surface area contributed by atoms with E-state index in [0.29, 0.717) is 17.0 Å². The summed E-state index contributed by atoms with van der Waals surface area (Å²) in [6, 6.07) is 11.1. The number of carbonyl (C=O) groups excluding carboxylic acids is 1. The molecule has 3 rings (SSSR count). The fourth-order valence-electron chi connectivity index (χ4n) is 2.60. The molecule has 0 saturated carbocycles. The number of nitrogens with zero attached hydrogens (tertiary/aromatic N) is 2. The van der Waals surface area contributed by atoms with Crippen LogP contribution in [0.2, 0.25) is 0 Å². The standard InChI is InChI=1S/C20H18F3N3O3/c1-12(16-7-5-15(10-24-16)29-11-20(21,22)23)25-19(27)18-6-3-13-9-14(28-2)4-8-17(13)26-18/h3-10,12H,11H2,1-2H3,(H,25,27)/t12-/m0/s1. The summed E-state index contributed by atoms with van der Waals surface area (Å²) in [6.07, 6.45) is -3.23. The lowest BCUT2D eigenvalue weighted by Crippen LogP contribution is -2.28. The number of nitrogens with one attached hydrogen (secondary N) is 1. The van der Waals surface area contributed by atoms with Crippen molar-refractivity contribution >= 4 is 16.8 Å². The van der Waals surface area contributed by atoms with Crippen LogP contribution >= 0.6 is 0 Å². The molecule has 0 aliphatic heterocycles. The van der Waals surface area contributed by atoms with Crippen molar-refractivity contribution in [3.63, 3.8) is 0 Å². The Kier molecular flexibility index (Phi) is 5.86. The third kappa shape index (κ3) is 5.34. The highest BCUT2D eigenvalue weighted by Gasteiger charge is 2.28. The van der Waals surface area contributed by atoms with Gasteiger partial charge >= 0.3 is 6.18 Å². The largest absolute Gasteiger partial charge is 0.497 e. The molecular formula is C20H18F3N3O3. The molecule has 1 N–H and O–H groups in total. The first-order valence-electron chi connectivity index (χ1n) is 8.66. The smallest absolute Gasteiger partial charge is 0.422 e. The second-order valence-electron chi connectivity index (χ2n) is 6.27. The zero-order chi connectivity index (χ0) is 21.0. The SMILES string of the molecule is COc1ccc2nc(C(=O)N[C@@H](C)c3ccc(OCC(F)(F)F)cn3)ccc2c1. The van der Waals surface area contributed by atoms with Crippen LogP contribution in [-0.4, -0.2) is 35.8 Å². The quantitative estimate of drug-likeness (QED) is 0.669. The maximum atomic E-state index is 12.5. The highest BCUT2D eigenvalue weighted by Crippen LogP contribution is 2.21. The van der Waals surface area contributed by atoms with Crippen LogP contribution in [0.4, 0.5) is 13.2 Å². The fraction of sp³-hybridized carbons (Fsp3) is 0.250. The number of ether oxygens (including phenoxy) is 2. The first-order chi connectivity index (χ1) is 13.7. The number of carbonyl (C=O) groups is 1. The lowest BCUT2D eigenvalue weighted by Gasteiger charge is -2.14. The van der Waals surface area contributed by atoms with Gasteiger partial charge in [-0.15, -0.1) is 0 Å². The average Bonchev–Trinajstić information content (AvgIpc) is 2.71. The number of pyridine rings is 2. The second-order valence-corrected chi connectivity index (χ2v) is 6.27. The van der Waals surface area contributed by atoms with Gasteiger partial charge in [0.05, 0.1) is 30.6 Å². The molecule has 152 valence electrons. The van der Waals surface area contributed by atoms with Crippen LogP contribution in [0.15, 0.2) is 48.7 Å². The van der Waals surface area contributed by atoms with Gasteiger partial charge in [0.25, 0.3) is 5.91 Å². The summed E-state index contributed by atoms with van der Waals surface area (Å²) in [7, 11) is 1.57. The van der Waals surface area contributed by atoms with Crippen LogP contribution in [0.25, 0.3) is 10.9 Å². The van der Waals surface area contributed by atoms with E-state index in [9.17, 15) is 18.0 Å². The molecule has 0 unspecified atom stereocenters. The molecule has 29 heavy (non-hydrogen) atoms. The number of fused-ring (bicyclic) bond motifs is 1. The molecule has 1 aromatic carbocycles. The van der Waals surface area contributed by atoms with Gasteiger partial charge in [-0.1, -0.05) is 6.07 Å². The maximum Gasteiger partial charge on any atom is 0.422 e. The molecular weight excluding hydrogens is 387 g/mol. The molecule has 0 saturated heterocycles. The van der Waals surface area contributed by atoms with Crippen LogP contribution in [0.5, 0.6) is 11.5 Å². The Morgan fingerprint density at radius 3 is 2.55 bits per heavy atom. The van der Waals surface area contributed by atoms with Crippen molar-refractivity contribution in [2.24, 2.45) is 0 Å². The average molecular weight is 405 g/mol. The van der Waals surface area contributed by atoms with Crippen LogP contribution in [0, 0.1) is 0 Å². The van der Waals surface area contributed by atoms with Gasteiger partial charge in [0.2, 0.25) is 0 Å². The molecule has 0 bridgehead atoms. The van der Waals surface area contributed by atoms with Crippen molar-refractivity contribution in [3.05, 3.63) is 60.0 Å². The number of hydrogen-bond acceptors (Lipinski definition) is 5. The Labute approximate surface area is 164 Å². The van der Waals surface area contributed by atoms with Crippen LogP contribution < -0.4 is 14.8 Å². The van der Waals surface area contributed by atoms with E-state index in [4.69, 9.17) is 4.74 Å². The topological polar surface area (TPSA) is 73.3 Å². The first kappa shape index (κ1) is 20.4. The summed E-state index contributed by atoms with van der Waals surface area (Å²) in [5, 5.41) is 3.60. The minimum Gasteiger partial charge on any atom is -0.497 e. The fourth-order valence-corrected chi connectivity index (χ4v) is 2.60. The van der Waals surface area contributed by atoms with Crippen LogP contribution in [-0.2, 0) is 0 Å². The predicted octanol–water partition coefficient (Wildman–Crippen LogP) is 4.07. The highest BCUT2D eigenvalue weighted by atomic mass is 19.4. The summed E-state index contributed by atoms with van der Waals surface area (Å²) in [5.74, 6) is 0.296. The summed E-state index contributed by atoms with van der Waals surface area (Å²) in [5.41, 5.74) is 1.36. The summed E-state index contributed by atoms with van der Waals surface area (Å²) in [6.45, 7) is 0.322. The molecule has 2 heterocycles. The van der Waals surface area contributed by atoms with Gasteiger partial charge < -0.3 is 14.8 Å². The van der Waals surface area contributed by atoms with Crippen molar-refractivity contribution in [1.82, 2.24) is 15.3 Å². The van der Waals surface area contributed by atoms with E-state index >= 15 is 0 Å².